The molecule has 112 valence electrons. The van der Waals surface area contributed by atoms with E-state index in [1.54, 1.807) is 0 Å². The smallest absolute Gasteiger partial charge is 0.124 e. The normalized spacial score (nSPS) is 10.8. The second kappa shape index (κ2) is 7.39. The Morgan fingerprint density at radius 1 is 1.14 bits per heavy atom. The first kappa shape index (κ1) is 16.5. The van der Waals surface area contributed by atoms with Gasteiger partial charge in [0.25, 0.3) is 0 Å². The van der Waals surface area contributed by atoms with E-state index in [2.05, 4.69) is 21.2 Å². The number of rotatable bonds is 5. The van der Waals surface area contributed by atoms with Crippen LogP contribution in [0.4, 0.5) is 5.69 Å². The maximum absolute atomic E-state index is 6.22. The van der Waals surface area contributed by atoms with E-state index in [9.17, 15) is 0 Å². The zero-order valence-corrected chi connectivity index (χ0v) is 14.9. The molecule has 0 amide bonds. The van der Waals surface area contributed by atoms with Gasteiger partial charge in [-0.05, 0) is 32.0 Å². The summed E-state index contributed by atoms with van der Waals surface area (Å²) in [4.78, 5) is 0. The van der Waals surface area contributed by atoms with Crippen molar-refractivity contribution in [3.8, 4) is 5.75 Å². The van der Waals surface area contributed by atoms with Crippen LogP contribution in [-0.4, -0.2) is 6.10 Å². The molecule has 0 bridgehead atoms. The summed E-state index contributed by atoms with van der Waals surface area (Å²) in [6, 6.07) is 11.5. The van der Waals surface area contributed by atoms with Crippen molar-refractivity contribution >= 4 is 44.8 Å². The molecular formula is C16H16BrCl2NO. The zero-order chi connectivity index (χ0) is 15.4. The lowest BCUT2D eigenvalue weighted by molar-refractivity contribution is 0.240. The van der Waals surface area contributed by atoms with Gasteiger partial charge in [0.1, 0.15) is 5.75 Å². The molecule has 2 nitrogen and oxygen atoms in total. The standard InChI is InChI=1S/C16H16BrCl2NO/c1-10(2)21-15-6-4-3-5-11(15)9-20-16-13(18)7-12(17)8-14(16)19/h3-8,10,20H,9H2,1-2H3. The Kier molecular flexibility index (Phi) is 5.80. The van der Waals surface area contributed by atoms with Crippen molar-refractivity contribution in [2.45, 2.75) is 26.5 Å². The van der Waals surface area contributed by atoms with Crippen LogP contribution in [0.15, 0.2) is 40.9 Å². The van der Waals surface area contributed by atoms with Crippen molar-refractivity contribution in [2.75, 3.05) is 5.32 Å². The van der Waals surface area contributed by atoms with E-state index in [4.69, 9.17) is 27.9 Å². The molecule has 0 atom stereocenters. The zero-order valence-electron chi connectivity index (χ0n) is 11.8. The summed E-state index contributed by atoms with van der Waals surface area (Å²) in [6.45, 7) is 4.60. The quantitative estimate of drug-likeness (QED) is 0.662. The van der Waals surface area contributed by atoms with Crippen LogP contribution in [0.1, 0.15) is 19.4 Å². The number of hydrogen-bond donors (Lipinski definition) is 1. The van der Waals surface area contributed by atoms with Crippen LogP contribution >= 0.6 is 39.1 Å². The predicted octanol–water partition coefficient (Wildman–Crippen LogP) is 6.16. The number of hydrogen-bond acceptors (Lipinski definition) is 2. The summed E-state index contributed by atoms with van der Waals surface area (Å²) in [5.41, 5.74) is 1.78. The molecule has 0 aliphatic heterocycles. The minimum Gasteiger partial charge on any atom is -0.491 e. The molecule has 0 aliphatic rings. The maximum Gasteiger partial charge on any atom is 0.124 e. The predicted molar refractivity (Wildman–Crippen MR) is 93.7 cm³/mol. The summed E-state index contributed by atoms with van der Waals surface area (Å²) in [5, 5.41) is 4.43. The molecule has 2 aromatic rings. The van der Waals surface area contributed by atoms with Gasteiger partial charge in [0, 0.05) is 16.6 Å². The van der Waals surface area contributed by atoms with Gasteiger partial charge in [-0.2, -0.15) is 0 Å². The van der Waals surface area contributed by atoms with Crippen molar-refractivity contribution in [1.82, 2.24) is 0 Å². The molecular weight excluding hydrogens is 373 g/mol. The fraction of sp³-hybridized carbons (Fsp3) is 0.250. The molecule has 0 heterocycles. The first-order valence-corrected chi connectivity index (χ1v) is 8.15. The van der Waals surface area contributed by atoms with Gasteiger partial charge < -0.3 is 10.1 Å². The third-order valence-corrected chi connectivity index (χ3v) is 3.85. The van der Waals surface area contributed by atoms with Gasteiger partial charge in [0.05, 0.1) is 21.8 Å². The average molecular weight is 389 g/mol. The van der Waals surface area contributed by atoms with Gasteiger partial charge in [-0.25, -0.2) is 0 Å². The van der Waals surface area contributed by atoms with Crippen LogP contribution in [0, 0.1) is 0 Å². The van der Waals surface area contributed by atoms with Crippen LogP contribution < -0.4 is 10.1 Å². The Morgan fingerprint density at radius 2 is 1.76 bits per heavy atom. The summed E-state index contributed by atoms with van der Waals surface area (Å²) >= 11 is 15.8. The molecule has 0 aromatic heterocycles. The Balaban J connectivity index is 2.17. The van der Waals surface area contributed by atoms with E-state index in [-0.39, 0.29) is 6.10 Å². The number of benzene rings is 2. The molecule has 0 radical (unpaired) electrons. The molecule has 0 unspecified atom stereocenters. The molecule has 0 spiro atoms. The molecule has 1 N–H and O–H groups in total. The van der Waals surface area contributed by atoms with Crippen molar-refractivity contribution in [3.63, 3.8) is 0 Å². The fourth-order valence-corrected chi connectivity index (χ4v) is 3.26. The molecule has 5 heteroatoms. The lowest BCUT2D eigenvalue weighted by Gasteiger charge is -2.16. The second-order valence-corrected chi connectivity index (χ2v) is 6.60. The SMILES string of the molecule is CC(C)Oc1ccccc1CNc1c(Cl)cc(Br)cc1Cl. The summed E-state index contributed by atoms with van der Waals surface area (Å²) in [5.74, 6) is 0.865. The number of nitrogens with one attached hydrogen (secondary N) is 1. The van der Waals surface area contributed by atoms with E-state index in [1.165, 1.54) is 0 Å². The lowest BCUT2D eigenvalue weighted by atomic mass is 10.2. The first-order valence-electron chi connectivity index (χ1n) is 6.60. The van der Waals surface area contributed by atoms with Crippen LogP contribution in [0.5, 0.6) is 5.75 Å². The van der Waals surface area contributed by atoms with Crippen molar-refractivity contribution in [1.29, 1.82) is 0 Å². The van der Waals surface area contributed by atoms with E-state index in [1.807, 2.05) is 50.2 Å². The number of anilines is 1. The van der Waals surface area contributed by atoms with Gasteiger partial charge in [-0.15, -0.1) is 0 Å². The van der Waals surface area contributed by atoms with Gasteiger partial charge in [0.2, 0.25) is 0 Å². The Labute approximate surface area is 143 Å². The molecule has 0 aliphatic carbocycles. The lowest BCUT2D eigenvalue weighted by Crippen LogP contribution is -2.09. The minimum atomic E-state index is 0.131. The summed E-state index contributed by atoms with van der Waals surface area (Å²) in [6.07, 6.45) is 0.131. The topological polar surface area (TPSA) is 21.3 Å². The third-order valence-electron chi connectivity index (χ3n) is 2.80. The first-order chi connectivity index (χ1) is 9.97. The maximum atomic E-state index is 6.22. The van der Waals surface area contributed by atoms with Gasteiger partial charge in [0.15, 0.2) is 0 Å². The highest BCUT2D eigenvalue weighted by Crippen LogP contribution is 2.34. The van der Waals surface area contributed by atoms with Crippen LogP contribution in [0.25, 0.3) is 0 Å². The largest absolute Gasteiger partial charge is 0.491 e. The highest BCUT2D eigenvalue weighted by atomic mass is 79.9. The summed E-state index contributed by atoms with van der Waals surface area (Å²) in [7, 11) is 0. The van der Waals surface area contributed by atoms with Gasteiger partial charge in [-0.1, -0.05) is 57.3 Å². The fourth-order valence-electron chi connectivity index (χ4n) is 1.91. The molecule has 0 saturated carbocycles. The Morgan fingerprint density at radius 3 is 2.38 bits per heavy atom. The van der Waals surface area contributed by atoms with Crippen molar-refractivity contribution < 1.29 is 4.74 Å². The molecule has 0 saturated heterocycles. The molecule has 2 aromatic carbocycles. The van der Waals surface area contributed by atoms with E-state index in [0.717, 1.165) is 21.5 Å². The Bertz CT molecular complexity index is 608. The number of para-hydroxylation sites is 1. The van der Waals surface area contributed by atoms with Crippen LogP contribution in [0.2, 0.25) is 10.0 Å². The average Bonchev–Trinajstić information content (AvgIpc) is 2.38. The van der Waals surface area contributed by atoms with Gasteiger partial charge in [-0.3, -0.25) is 0 Å². The van der Waals surface area contributed by atoms with Crippen molar-refractivity contribution in [2.24, 2.45) is 0 Å². The van der Waals surface area contributed by atoms with E-state index >= 15 is 0 Å². The number of ether oxygens (including phenoxy) is 1. The second-order valence-electron chi connectivity index (χ2n) is 4.87. The highest BCUT2D eigenvalue weighted by Gasteiger charge is 2.09. The Hall–Kier alpha value is -0.900. The molecule has 2 rings (SSSR count). The van der Waals surface area contributed by atoms with Crippen molar-refractivity contribution in [3.05, 3.63) is 56.5 Å². The van der Waals surface area contributed by atoms with E-state index in [0.29, 0.717) is 16.6 Å². The van der Waals surface area contributed by atoms with Crippen LogP contribution in [-0.2, 0) is 6.54 Å². The minimum absolute atomic E-state index is 0.131. The highest BCUT2D eigenvalue weighted by molar-refractivity contribution is 9.10. The van der Waals surface area contributed by atoms with Crippen LogP contribution in [0.3, 0.4) is 0 Å². The monoisotopic (exact) mass is 387 g/mol. The summed E-state index contributed by atoms with van der Waals surface area (Å²) < 4.78 is 6.65. The third kappa shape index (κ3) is 4.53. The molecule has 0 fully saturated rings. The van der Waals surface area contributed by atoms with Gasteiger partial charge >= 0.3 is 0 Å². The number of halogens is 3. The van der Waals surface area contributed by atoms with E-state index < -0.39 is 0 Å². The molecule has 21 heavy (non-hydrogen) atoms.